The van der Waals surface area contributed by atoms with Crippen molar-refractivity contribution in [1.29, 1.82) is 0 Å². The molecule has 1 atom stereocenters. The molecular weight excluding hydrogens is 354 g/mol. The summed E-state index contributed by atoms with van der Waals surface area (Å²) in [4.78, 5) is 27.8. The lowest BCUT2D eigenvalue weighted by molar-refractivity contribution is -0.116. The molecular formula is C19H14ClN3O3. The zero-order valence-corrected chi connectivity index (χ0v) is 14.3. The molecule has 0 radical (unpaired) electrons. The summed E-state index contributed by atoms with van der Waals surface area (Å²) in [5, 5.41) is 12.5. The maximum Gasteiger partial charge on any atom is 0.335 e. The first-order valence-electron chi connectivity index (χ1n) is 7.99. The third-order valence-corrected chi connectivity index (χ3v) is 4.65. The Hall–Kier alpha value is -3.12. The number of carboxylic acid groups (broad SMARTS) is 1. The highest BCUT2D eigenvalue weighted by Gasteiger charge is 2.31. The number of nitrogens with zero attached hydrogens (tertiary/aromatic N) is 2. The number of imidazole rings is 1. The van der Waals surface area contributed by atoms with Crippen LogP contribution in [0.2, 0.25) is 5.02 Å². The molecule has 0 fully saturated rings. The maximum atomic E-state index is 12.3. The molecule has 0 unspecified atom stereocenters. The van der Waals surface area contributed by atoms with Crippen LogP contribution in [0, 0.1) is 0 Å². The SMILES string of the molecule is O=C1C[C@H](c2ccc(C(=O)O)cc2)c2ncn(-c3cccc(Cl)c3)c2N1. The van der Waals surface area contributed by atoms with Gasteiger partial charge in [0.1, 0.15) is 12.1 Å². The van der Waals surface area contributed by atoms with E-state index in [1.54, 1.807) is 35.2 Å². The minimum absolute atomic E-state index is 0.117. The molecule has 1 amide bonds. The lowest BCUT2D eigenvalue weighted by Gasteiger charge is -2.23. The fourth-order valence-corrected chi connectivity index (χ4v) is 3.35. The summed E-state index contributed by atoms with van der Waals surface area (Å²) in [7, 11) is 0. The van der Waals surface area contributed by atoms with Crippen molar-refractivity contribution < 1.29 is 14.7 Å². The number of carbonyl (C=O) groups is 2. The highest BCUT2D eigenvalue weighted by molar-refractivity contribution is 6.30. The zero-order valence-electron chi connectivity index (χ0n) is 13.5. The van der Waals surface area contributed by atoms with Gasteiger partial charge < -0.3 is 10.4 Å². The van der Waals surface area contributed by atoms with Crippen LogP contribution in [0.5, 0.6) is 0 Å². The molecule has 1 aliphatic heterocycles. The molecule has 2 N–H and O–H groups in total. The number of hydrogen-bond acceptors (Lipinski definition) is 3. The Labute approximate surface area is 154 Å². The molecule has 0 spiro atoms. The quantitative estimate of drug-likeness (QED) is 0.739. The highest BCUT2D eigenvalue weighted by Crippen LogP contribution is 2.37. The second-order valence-electron chi connectivity index (χ2n) is 6.06. The van der Waals surface area contributed by atoms with E-state index in [0.717, 1.165) is 16.9 Å². The smallest absolute Gasteiger partial charge is 0.335 e. The number of benzene rings is 2. The van der Waals surface area contributed by atoms with Gasteiger partial charge in [-0.25, -0.2) is 9.78 Å². The Balaban J connectivity index is 1.77. The van der Waals surface area contributed by atoms with Gasteiger partial charge in [-0.05, 0) is 35.9 Å². The molecule has 0 aliphatic carbocycles. The van der Waals surface area contributed by atoms with Gasteiger partial charge in [0.25, 0.3) is 0 Å². The minimum Gasteiger partial charge on any atom is -0.478 e. The monoisotopic (exact) mass is 367 g/mol. The summed E-state index contributed by atoms with van der Waals surface area (Å²) >= 11 is 6.07. The van der Waals surface area contributed by atoms with Gasteiger partial charge in [0.15, 0.2) is 0 Å². The summed E-state index contributed by atoms with van der Waals surface area (Å²) < 4.78 is 1.79. The van der Waals surface area contributed by atoms with Crippen molar-refractivity contribution in [2.75, 3.05) is 5.32 Å². The van der Waals surface area contributed by atoms with E-state index in [1.165, 1.54) is 12.1 Å². The number of carboxylic acids is 1. The first kappa shape index (κ1) is 16.4. The van der Waals surface area contributed by atoms with E-state index >= 15 is 0 Å². The number of hydrogen-bond donors (Lipinski definition) is 2. The van der Waals surface area contributed by atoms with Crippen molar-refractivity contribution in [2.45, 2.75) is 12.3 Å². The fraction of sp³-hybridized carbons (Fsp3) is 0.105. The van der Waals surface area contributed by atoms with Crippen molar-refractivity contribution in [2.24, 2.45) is 0 Å². The molecule has 6 nitrogen and oxygen atoms in total. The van der Waals surface area contributed by atoms with Crippen LogP contribution in [0.15, 0.2) is 54.9 Å². The first-order chi connectivity index (χ1) is 12.5. The number of rotatable bonds is 3. The van der Waals surface area contributed by atoms with Crippen molar-refractivity contribution in [3.63, 3.8) is 0 Å². The number of anilines is 1. The Bertz CT molecular complexity index is 1010. The number of amides is 1. The average molecular weight is 368 g/mol. The largest absolute Gasteiger partial charge is 0.478 e. The summed E-state index contributed by atoms with van der Waals surface area (Å²) in [5.41, 5.74) is 2.60. The normalized spacial score (nSPS) is 16.0. The zero-order chi connectivity index (χ0) is 18.3. The van der Waals surface area contributed by atoms with Crippen LogP contribution >= 0.6 is 11.6 Å². The van der Waals surface area contributed by atoms with Crippen LogP contribution < -0.4 is 5.32 Å². The van der Waals surface area contributed by atoms with Gasteiger partial charge >= 0.3 is 5.97 Å². The second-order valence-corrected chi connectivity index (χ2v) is 6.50. The maximum absolute atomic E-state index is 12.3. The number of aromatic carboxylic acids is 1. The van der Waals surface area contributed by atoms with Gasteiger partial charge in [0, 0.05) is 23.0 Å². The topological polar surface area (TPSA) is 84.2 Å². The molecule has 2 aromatic carbocycles. The molecule has 130 valence electrons. The van der Waals surface area contributed by atoms with E-state index in [0.29, 0.717) is 10.8 Å². The number of aromatic nitrogens is 2. The third-order valence-electron chi connectivity index (χ3n) is 4.42. The van der Waals surface area contributed by atoms with Crippen LogP contribution in [0.3, 0.4) is 0 Å². The van der Waals surface area contributed by atoms with Crippen molar-refractivity contribution in [3.05, 3.63) is 76.7 Å². The highest BCUT2D eigenvalue weighted by atomic mass is 35.5. The molecule has 2 heterocycles. The molecule has 1 aromatic heterocycles. The molecule has 0 saturated heterocycles. The molecule has 0 bridgehead atoms. The Kier molecular flexibility index (Phi) is 3.97. The van der Waals surface area contributed by atoms with Gasteiger partial charge in [-0.15, -0.1) is 0 Å². The Morgan fingerprint density at radius 3 is 2.69 bits per heavy atom. The van der Waals surface area contributed by atoms with Crippen LogP contribution in [0.1, 0.15) is 34.0 Å². The van der Waals surface area contributed by atoms with E-state index < -0.39 is 5.97 Å². The Morgan fingerprint density at radius 1 is 1.23 bits per heavy atom. The van der Waals surface area contributed by atoms with E-state index in [-0.39, 0.29) is 23.8 Å². The molecule has 0 saturated carbocycles. The lowest BCUT2D eigenvalue weighted by atomic mass is 9.89. The molecule has 26 heavy (non-hydrogen) atoms. The average Bonchev–Trinajstić information content (AvgIpc) is 3.05. The van der Waals surface area contributed by atoms with Gasteiger partial charge in [-0.2, -0.15) is 0 Å². The number of halogens is 1. The number of carbonyl (C=O) groups excluding carboxylic acids is 1. The first-order valence-corrected chi connectivity index (χ1v) is 8.37. The Morgan fingerprint density at radius 2 is 2.00 bits per heavy atom. The molecule has 7 heteroatoms. The summed E-state index contributed by atoms with van der Waals surface area (Å²) in [6.45, 7) is 0. The number of fused-ring (bicyclic) bond motifs is 1. The predicted molar refractivity (Wildman–Crippen MR) is 97.1 cm³/mol. The number of nitrogens with one attached hydrogen (secondary N) is 1. The molecule has 3 aromatic rings. The molecule has 4 rings (SSSR count). The van der Waals surface area contributed by atoms with E-state index in [9.17, 15) is 9.59 Å². The summed E-state index contributed by atoms with van der Waals surface area (Å²) in [6, 6.07) is 13.8. The second kappa shape index (κ2) is 6.31. The van der Waals surface area contributed by atoms with Crippen LogP contribution in [-0.4, -0.2) is 26.5 Å². The van der Waals surface area contributed by atoms with Crippen molar-refractivity contribution in [1.82, 2.24) is 9.55 Å². The van der Waals surface area contributed by atoms with Gasteiger partial charge in [-0.1, -0.05) is 29.8 Å². The van der Waals surface area contributed by atoms with Crippen molar-refractivity contribution >= 4 is 29.3 Å². The van der Waals surface area contributed by atoms with Crippen LogP contribution in [0.25, 0.3) is 5.69 Å². The predicted octanol–water partition coefficient (Wildman–Crippen LogP) is 3.70. The van der Waals surface area contributed by atoms with Gasteiger partial charge in [0.05, 0.1) is 11.3 Å². The standard InChI is InChI=1S/C19H14ClN3O3/c20-13-2-1-3-14(8-13)23-10-21-17-15(9-16(24)22-18(17)23)11-4-6-12(7-5-11)19(25)26/h1-8,10,15H,9H2,(H,22,24)(H,25,26)/t15-/m1/s1. The van der Waals surface area contributed by atoms with E-state index in [4.69, 9.17) is 16.7 Å². The summed E-state index contributed by atoms with van der Waals surface area (Å²) in [6.07, 6.45) is 1.91. The van der Waals surface area contributed by atoms with E-state index in [1.807, 2.05) is 12.1 Å². The van der Waals surface area contributed by atoms with Crippen molar-refractivity contribution in [3.8, 4) is 5.69 Å². The molecule has 1 aliphatic rings. The van der Waals surface area contributed by atoms with Gasteiger partial charge in [0.2, 0.25) is 5.91 Å². The van der Waals surface area contributed by atoms with Gasteiger partial charge in [-0.3, -0.25) is 9.36 Å². The lowest BCUT2D eigenvalue weighted by Crippen LogP contribution is -2.25. The van der Waals surface area contributed by atoms with Crippen LogP contribution in [-0.2, 0) is 4.79 Å². The van der Waals surface area contributed by atoms with E-state index in [2.05, 4.69) is 10.3 Å². The minimum atomic E-state index is -0.983. The third kappa shape index (κ3) is 2.84. The fourth-order valence-electron chi connectivity index (χ4n) is 3.16. The van der Waals surface area contributed by atoms with Crippen LogP contribution in [0.4, 0.5) is 5.82 Å². The summed E-state index contributed by atoms with van der Waals surface area (Å²) in [5.74, 6) is -0.727.